The van der Waals surface area contributed by atoms with E-state index in [1.165, 1.54) is 6.08 Å². The molecule has 1 heterocycles. The number of hydrogen-bond donors (Lipinski definition) is 1. The first kappa shape index (κ1) is 24.4. The molecule has 4 amide bonds. The zero-order chi connectivity index (χ0) is 24.2. The maximum atomic E-state index is 13.1. The zero-order valence-electron chi connectivity index (χ0n) is 18.2. The van der Waals surface area contributed by atoms with E-state index in [4.69, 9.17) is 4.74 Å². The Bertz CT molecular complexity index is 1260. The third kappa shape index (κ3) is 5.33. The fraction of sp³-hybridized carbons (Fsp3) is 0.115. The molecular formula is C26H20I2N2O4. The number of benzene rings is 3. The van der Waals surface area contributed by atoms with Crippen molar-refractivity contribution in [3.05, 3.63) is 96.1 Å². The maximum Gasteiger partial charge on any atom is 0.335 e. The first-order valence-corrected chi connectivity index (χ1v) is 12.7. The molecule has 1 aliphatic heterocycles. The molecule has 3 aromatic carbocycles. The van der Waals surface area contributed by atoms with Crippen LogP contribution in [0.3, 0.4) is 0 Å². The second-order valence-corrected chi connectivity index (χ2v) is 9.89. The standard InChI is InChI=1S/C26H20I2N2O4/c1-2-16-8-10-19(11-9-16)30-25(32)20(24(31)29-26(30)33)12-18-13-21(27)23(22(28)14-18)34-15-17-6-4-3-5-7-17/h3-14H,2,15H2,1H3,(H,29,31,33)/b20-12-. The van der Waals surface area contributed by atoms with Crippen LogP contribution in [0.4, 0.5) is 10.5 Å². The average Bonchev–Trinajstić information content (AvgIpc) is 2.82. The third-order valence-corrected chi connectivity index (χ3v) is 6.86. The van der Waals surface area contributed by atoms with E-state index in [-0.39, 0.29) is 5.57 Å². The van der Waals surface area contributed by atoms with Crippen molar-refractivity contribution >= 4 is 74.8 Å². The summed E-state index contributed by atoms with van der Waals surface area (Å²) < 4.78 is 7.71. The van der Waals surface area contributed by atoms with Gasteiger partial charge in [-0.05, 0) is 98.6 Å². The highest BCUT2D eigenvalue weighted by atomic mass is 127. The quantitative estimate of drug-likeness (QED) is 0.206. The number of rotatable bonds is 6. The molecule has 6 nitrogen and oxygen atoms in total. The molecule has 172 valence electrons. The maximum absolute atomic E-state index is 13.1. The predicted octanol–water partition coefficient (Wildman–Crippen LogP) is 5.70. The summed E-state index contributed by atoms with van der Waals surface area (Å²) in [4.78, 5) is 39.1. The van der Waals surface area contributed by atoms with E-state index in [9.17, 15) is 14.4 Å². The van der Waals surface area contributed by atoms with E-state index in [0.29, 0.717) is 17.9 Å². The molecule has 1 saturated heterocycles. The second-order valence-electron chi connectivity index (χ2n) is 7.57. The largest absolute Gasteiger partial charge is 0.487 e. The molecule has 0 bridgehead atoms. The summed E-state index contributed by atoms with van der Waals surface area (Å²) in [5, 5.41) is 2.27. The molecule has 0 spiro atoms. The van der Waals surface area contributed by atoms with E-state index in [1.807, 2.05) is 61.5 Å². The minimum atomic E-state index is -0.759. The number of halogens is 2. The smallest absolute Gasteiger partial charge is 0.335 e. The molecule has 4 rings (SSSR count). The van der Waals surface area contributed by atoms with Gasteiger partial charge in [0.05, 0.1) is 12.8 Å². The lowest BCUT2D eigenvalue weighted by molar-refractivity contribution is -0.122. The molecule has 8 heteroatoms. The van der Waals surface area contributed by atoms with Gasteiger partial charge >= 0.3 is 6.03 Å². The second kappa shape index (κ2) is 10.7. The lowest BCUT2D eigenvalue weighted by Gasteiger charge is -2.26. The van der Waals surface area contributed by atoms with Gasteiger partial charge in [-0.3, -0.25) is 14.9 Å². The van der Waals surface area contributed by atoms with Gasteiger partial charge in [0.2, 0.25) is 0 Å². The number of nitrogens with zero attached hydrogens (tertiary/aromatic N) is 1. The molecule has 3 aromatic rings. The van der Waals surface area contributed by atoms with Gasteiger partial charge in [0.1, 0.15) is 17.9 Å². The van der Waals surface area contributed by atoms with Gasteiger partial charge in [0.25, 0.3) is 11.8 Å². The SMILES string of the molecule is CCc1ccc(N2C(=O)NC(=O)/C(=C/c3cc(I)c(OCc4ccccc4)c(I)c3)C2=O)cc1. The van der Waals surface area contributed by atoms with Crippen molar-refractivity contribution < 1.29 is 19.1 Å². The number of barbiturate groups is 1. The summed E-state index contributed by atoms with van der Waals surface area (Å²) >= 11 is 4.35. The van der Waals surface area contributed by atoms with Crippen molar-refractivity contribution in [3.63, 3.8) is 0 Å². The Kier molecular flexibility index (Phi) is 7.67. The summed E-state index contributed by atoms with van der Waals surface area (Å²) in [5.41, 5.74) is 3.10. The number of hydrogen-bond acceptors (Lipinski definition) is 4. The molecule has 1 N–H and O–H groups in total. The number of aryl methyl sites for hydroxylation is 1. The van der Waals surface area contributed by atoms with Gasteiger partial charge < -0.3 is 4.74 Å². The highest BCUT2D eigenvalue weighted by molar-refractivity contribution is 14.1. The molecule has 1 fully saturated rings. The Morgan fingerprint density at radius 2 is 1.56 bits per heavy atom. The zero-order valence-corrected chi connectivity index (χ0v) is 22.5. The van der Waals surface area contributed by atoms with Crippen molar-refractivity contribution in [1.29, 1.82) is 0 Å². The van der Waals surface area contributed by atoms with Crippen molar-refractivity contribution in [2.45, 2.75) is 20.0 Å². The highest BCUT2D eigenvalue weighted by Gasteiger charge is 2.36. The Labute approximate surface area is 224 Å². The number of amides is 4. The van der Waals surface area contributed by atoms with E-state index in [1.54, 1.807) is 12.1 Å². The summed E-state index contributed by atoms with van der Waals surface area (Å²) in [6.45, 7) is 2.45. The number of nitrogens with one attached hydrogen (secondary N) is 1. The Balaban J connectivity index is 1.60. The number of carbonyl (C=O) groups is 3. The van der Waals surface area contributed by atoms with Crippen LogP contribution in [-0.2, 0) is 22.6 Å². The molecular weight excluding hydrogens is 658 g/mol. The fourth-order valence-corrected chi connectivity index (χ4v) is 5.60. The monoisotopic (exact) mass is 678 g/mol. The first-order chi connectivity index (χ1) is 16.4. The summed E-state index contributed by atoms with van der Waals surface area (Å²) in [5.74, 6) is -0.641. The number of anilines is 1. The summed E-state index contributed by atoms with van der Waals surface area (Å²) in [6, 6.07) is 19.9. The molecule has 1 aliphatic rings. The van der Waals surface area contributed by atoms with Gasteiger partial charge in [0.15, 0.2) is 0 Å². The van der Waals surface area contributed by atoms with Crippen molar-refractivity contribution in [3.8, 4) is 5.75 Å². The highest BCUT2D eigenvalue weighted by Crippen LogP contribution is 2.31. The average molecular weight is 678 g/mol. The number of ether oxygens (including phenoxy) is 1. The number of carbonyl (C=O) groups excluding carboxylic acids is 3. The van der Waals surface area contributed by atoms with Crippen LogP contribution in [0.15, 0.2) is 72.3 Å². The predicted molar refractivity (Wildman–Crippen MR) is 147 cm³/mol. The third-order valence-electron chi connectivity index (χ3n) is 5.26. The van der Waals surface area contributed by atoms with Crippen LogP contribution in [0.25, 0.3) is 6.08 Å². The molecule has 34 heavy (non-hydrogen) atoms. The minimum Gasteiger partial charge on any atom is -0.487 e. The Morgan fingerprint density at radius 3 is 2.18 bits per heavy atom. The van der Waals surface area contributed by atoms with Crippen molar-refractivity contribution in [1.82, 2.24) is 5.32 Å². The molecule has 0 aliphatic carbocycles. The van der Waals surface area contributed by atoms with Gasteiger partial charge in [-0.1, -0.05) is 49.4 Å². The van der Waals surface area contributed by atoms with Crippen LogP contribution in [0.1, 0.15) is 23.6 Å². The fourth-order valence-electron chi connectivity index (χ4n) is 3.47. The van der Waals surface area contributed by atoms with Gasteiger partial charge in [0, 0.05) is 0 Å². The van der Waals surface area contributed by atoms with Crippen LogP contribution in [0.5, 0.6) is 5.75 Å². The van der Waals surface area contributed by atoms with E-state index < -0.39 is 17.8 Å². The lowest BCUT2D eigenvalue weighted by Crippen LogP contribution is -2.54. The first-order valence-electron chi connectivity index (χ1n) is 10.5. The Morgan fingerprint density at radius 1 is 0.912 bits per heavy atom. The number of imide groups is 2. The van der Waals surface area contributed by atoms with Crippen LogP contribution in [0.2, 0.25) is 0 Å². The van der Waals surface area contributed by atoms with Gasteiger partial charge in [-0.15, -0.1) is 0 Å². The normalized spacial score (nSPS) is 15.0. The lowest BCUT2D eigenvalue weighted by atomic mass is 10.1. The van der Waals surface area contributed by atoms with Crippen molar-refractivity contribution in [2.75, 3.05) is 4.90 Å². The molecule has 0 aromatic heterocycles. The van der Waals surface area contributed by atoms with Gasteiger partial charge in [-0.2, -0.15) is 0 Å². The molecule has 0 atom stereocenters. The molecule has 0 saturated carbocycles. The van der Waals surface area contributed by atoms with Crippen LogP contribution < -0.4 is 15.0 Å². The topological polar surface area (TPSA) is 75.7 Å². The summed E-state index contributed by atoms with van der Waals surface area (Å²) in [6.07, 6.45) is 2.34. The van der Waals surface area contributed by atoms with Gasteiger partial charge in [-0.25, -0.2) is 9.69 Å². The minimum absolute atomic E-state index is 0.108. The molecule has 0 radical (unpaired) electrons. The summed E-state index contributed by atoms with van der Waals surface area (Å²) in [7, 11) is 0. The van der Waals surface area contributed by atoms with Crippen LogP contribution >= 0.6 is 45.2 Å². The molecule has 0 unspecified atom stereocenters. The Hall–Kier alpha value is -2.73. The van der Waals surface area contributed by atoms with Crippen LogP contribution in [0, 0.1) is 7.14 Å². The van der Waals surface area contributed by atoms with E-state index in [0.717, 1.165) is 35.3 Å². The van der Waals surface area contributed by atoms with Crippen LogP contribution in [-0.4, -0.2) is 17.8 Å². The van der Waals surface area contributed by atoms with Crippen molar-refractivity contribution in [2.24, 2.45) is 0 Å². The number of urea groups is 1. The van der Waals surface area contributed by atoms with E-state index in [2.05, 4.69) is 50.5 Å². The van der Waals surface area contributed by atoms with E-state index >= 15 is 0 Å².